The summed E-state index contributed by atoms with van der Waals surface area (Å²) in [7, 11) is 0. The molecule has 1 heterocycles. The Morgan fingerprint density at radius 2 is 1.71 bits per heavy atom. The maximum Gasteiger partial charge on any atom is 0.150 e. The Kier molecular flexibility index (Phi) is 3.92. The SMILES string of the molecule is CC(Nc1ccccc1Oc1ccccc1)c1ccoc1. The Morgan fingerprint density at radius 3 is 2.48 bits per heavy atom. The second kappa shape index (κ2) is 6.18. The molecule has 1 aromatic heterocycles. The number of hydrogen-bond acceptors (Lipinski definition) is 3. The van der Waals surface area contributed by atoms with E-state index in [2.05, 4.69) is 12.2 Å². The van der Waals surface area contributed by atoms with E-state index in [0.717, 1.165) is 22.7 Å². The minimum Gasteiger partial charge on any atom is -0.472 e. The van der Waals surface area contributed by atoms with Crippen molar-refractivity contribution in [3.8, 4) is 11.5 Å². The molecule has 1 N–H and O–H groups in total. The molecule has 0 aliphatic carbocycles. The molecule has 21 heavy (non-hydrogen) atoms. The van der Waals surface area contributed by atoms with Crippen LogP contribution in [0.5, 0.6) is 11.5 Å². The van der Waals surface area contributed by atoms with Crippen molar-refractivity contribution in [2.45, 2.75) is 13.0 Å². The molecule has 0 bridgehead atoms. The zero-order valence-corrected chi connectivity index (χ0v) is 11.8. The monoisotopic (exact) mass is 279 g/mol. The minimum absolute atomic E-state index is 0.143. The fraction of sp³-hybridized carbons (Fsp3) is 0.111. The number of ether oxygens (including phenoxy) is 1. The highest BCUT2D eigenvalue weighted by molar-refractivity contribution is 5.58. The molecule has 0 fully saturated rings. The van der Waals surface area contributed by atoms with Gasteiger partial charge in [0.1, 0.15) is 5.75 Å². The van der Waals surface area contributed by atoms with Crippen molar-refractivity contribution < 1.29 is 9.15 Å². The summed E-state index contributed by atoms with van der Waals surface area (Å²) < 4.78 is 11.1. The van der Waals surface area contributed by atoms with Crippen LogP contribution in [0, 0.1) is 0 Å². The quantitative estimate of drug-likeness (QED) is 0.693. The molecule has 0 amide bonds. The van der Waals surface area contributed by atoms with Crippen LogP contribution < -0.4 is 10.1 Å². The lowest BCUT2D eigenvalue weighted by atomic mass is 10.1. The van der Waals surface area contributed by atoms with Gasteiger partial charge in [-0.3, -0.25) is 0 Å². The van der Waals surface area contributed by atoms with Gasteiger partial charge < -0.3 is 14.5 Å². The zero-order chi connectivity index (χ0) is 14.5. The van der Waals surface area contributed by atoms with E-state index in [1.165, 1.54) is 0 Å². The van der Waals surface area contributed by atoms with Crippen LogP contribution in [-0.4, -0.2) is 0 Å². The maximum absolute atomic E-state index is 5.94. The van der Waals surface area contributed by atoms with Crippen molar-refractivity contribution in [3.63, 3.8) is 0 Å². The van der Waals surface area contributed by atoms with Gasteiger partial charge in [-0.2, -0.15) is 0 Å². The summed E-state index contributed by atoms with van der Waals surface area (Å²) in [6.45, 7) is 2.09. The number of hydrogen-bond donors (Lipinski definition) is 1. The summed E-state index contributed by atoms with van der Waals surface area (Å²) >= 11 is 0. The third-order valence-electron chi connectivity index (χ3n) is 3.27. The number of rotatable bonds is 5. The number of anilines is 1. The molecule has 0 spiro atoms. The van der Waals surface area contributed by atoms with Crippen LogP contribution >= 0.6 is 0 Å². The van der Waals surface area contributed by atoms with E-state index in [0.29, 0.717) is 0 Å². The lowest BCUT2D eigenvalue weighted by Crippen LogP contribution is -2.06. The first kappa shape index (κ1) is 13.3. The number of nitrogens with one attached hydrogen (secondary N) is 1. The zero-order valence-electron chi connectivity index (χ0n) is 11.8. The number of furan rings is 1. The molecule has 3 heteroatoms. The summed E-state index contributed by atoms with van der Waals surface area (Å²) in [4.78, 5) is 0. The Balaban J connectivity index is 1.79. The first-order chi connectivity index (χ1) is 10.3. The summed E-state index contributed by atoms with van der Waals surface area (Å²) in [5, 5.41) is 3.45. The van der Waals surface area contributed by atoms with E-state index >= 15 is 0 Å². The predicted octanol–water partition coefficient (Wildman–Crippen LogP) is 5.25. The van der Waals surface area contributed by atoms with Crippen LogP contribution in [0.4, 0.5) is 5.69 Å². The van der Waals surface area contributed by atoms with Gasteiger partial charge in [-0.05, 0) is 37.3 Å². The molecule has 0 saturated heterocycles. The summed E-state index contributed by atoms with van der Waals surface area (Å²) in [6.07, 6.45) is 3.43. The van der Waals surface area contributed by atoms with Crippen LogP contribution in [0.25, 0.3) is 0 Å². The van der Waals surface area contributed by atoms with E-state index in [1.54, 1.807) is 12.5 Å². The maximum atomic E-state index is 5.94. The van der Waals surface area contributed by atoms with Crippen molar-refractivity contribution >= 4 is 5.69 Å². The molecule has 0 aliphatic rings. The number of benzene rings is 2. The highest BCUT2D eigenvalue weighted by atomic mass is 16.5. The molecule has 0 radical (unpaired) electrons. The van der Waals surface area contributed by atoms with Crippen LogP contribution in [0.3, 0.4) is 0 Å². The minimum atomic E-state index is 0.143. The lowest BCUT2D eigenvalue weighted by molar-refractivity contribution is 0.483. The second-order valence-electron chi connectivity index (χ2n) is 4.83. The molecule has 0 aliphatic heterocycles. The third-order valence-corrected chi connectivity index (χ3v) is 3.27. The fourth-order valence-electron chi connectivity index (χ4n) is 2.13. The van der Waals surface area contributed by atoms with E-state index in [-0.39, 0.29) is 6.04 Å². The molecule has 106 valence electrons. The van der Waals surface area contributed by atoms with Gasteiger partial charge >= 0.3 is 0 Å². The molecule has 1 atom stereocenters. The van der Waals surface area contributed by atoms with Crippen LogP contribution in [-0.2, 0) is 0 Å². The Bertz CT molecular complexity index is 677. The second-order valence-corrected chi connectivity index (χ2v) is 4.83. The van der Waals surface area contributed by atoms with Crippen molar-refractivity contribution in [1.29, 1.82) is 0 Å². The Labute approximate surface area is 124 Å². The van der Waals surface area contributed by atoms with E-state index in [4.69, 9.17) is 9.15 Å². The first-order valence-electron chi connectivity index (χ1n) is 6.93. The van der Waals surface area contributed by atoms with Crippen molar-refractivity contribution in [2.75, 3.05) is 5.32 Å². The van der Waals surface area contributed by atoms with Gasteiger partial charge in [0.25, 0.3) is 0 Å². The average molecular weight is 279 g/mol. The fourth-order valence-corrected chi connectivity index (χ4v) is 2.13. The highest BCUT2D eigenvalue weighted by Crippen LogP contribution is 2.31. The summed E-state index contributed by atoms with van der Waals surface area (Å²) in [6, 6.07) is 19.8. The largest absolute Gasteiger partial charge is 0.472 e. The van der Waals surface area contributed by atoms with Gasteiger partial charge in [-0.25, -0.2) is 0 Å². The van der Waals surface area contributed by atoms with Gasteiger partial charge in [0.05, 0.1) is 24.3 Å². The van der Waals surface area contributed by atoms with Crippen molar-refractivity contribution in [1.82, 2.24) is 0 Å². The molecule has 3 rings (SSSR count). The van der Waals surface area contributed by atoms with Gasteiger partial charge in [0.15, 0.2) is 5.75 Å². The normalized spacial score (nSPS) is 11.9. The lowest BCUT2D eigenvalue weighted by Gasteiger charge is -2.17. The van der Waals surface area contributed by atoms with Gasteiger partial charge in [-0.15, -0.1) is 0 Å². The van der Waals surface area contributed by atoms with Gasteiger partial charge in [0.2, 0.25) is 0 Å². The van der Waals surface area contributed by atoms with Crippen LogP contribution in [0.2, 0.25) is 0 Å². The Hall–Kier alpha value is -2.68. The molecule has 3 nitrogen and oxygen atoms in total. The van der Waals surface area contributed by atoms with Gasteiger partial charge in [0, 0.05) is 5.56 Å². The summed E-state index contributed by atoms with van der Waals surface area (Å²) in [5.74, 6) is 1.63. The van der Waals surface area contributed by atoms with Crippen molar-refractivity contribution in [3.05, 3.63) is 78.8 Å². The molecule has 0 saturated carbocycles. The summed E-state index contributed by atoms with van der Waals surface area (Å²) in [5.41, 5.74) is 2.06. The topological polar surface area (TPSA) is 34.4 Å². The Morgan fingerprint density at radius 1 is 0.952 bits per heavy atom. The van der Waals surface area contributed by atoms with E-state index in [1.807, 2.05) is 60.7 Å². The highest BCUT2D eigenvalue weighted by Gasteiger charge is 2.10. The first-order valence-corrected chi connectivity index (χ1v) is 6.93. The van der Waals surface area contributed by atoms with E-state index in [9.17, 15) is 0 Å². The molecular weight excluding hydrogens is 262 g/mol. The molecular formula is C18H17NO2. The van der Waals surface area contributed by atoms with Crippen LogP contribution in [0.15, 0.2) is 77.6 Å². The number of para-hydroxylation sites is 3. The molecule has 2 aromatic carbocycles. The third kappa shape index (κ3) is 3.26. The molecule has 1 unspecified atom stereocenters. The average Bonchev–Trinajstić information content (AvgIpc) is 3.05. The van der Waals surface area contributed by atoms with Crippen molar-refractivity contribution in [2.24, 2.45) is 0 Å². The van der Waals surface area contributed by atoms with Crippen LogP contribution in [0.1, 0.15) is 18.5 Å². The van der Waals surface area contributed by atoms with Gasteiger partial charge in [-0.1, -0.05) is 30.3 Å². The predicted molar refractivity (Wildman–Crippen MR) is 83.7 cm³/mol. The smallest absolute Gasteiger partial charge is 0.150 e. The van der Waals surface area contributed by atoms with E-state index < -0.39 is 0 Å². The standard InChI is InChI=1S/C18H17NO2/c1-14(15-11-12-20-13-15)19-17-9-5-6-10-18(17)21-16-7-3-2-4-8-16/h2-14,19H,1H3. The molecule has 3 aromatic rings.